The van der Waals surface area contributed by atoms with E-state index < -0.39 is 11.9 Å². The Morgan fingerprint density at radius 2 is 1.88 bits per heavy atom. The van der Waals surface area contributed by atoms with Crippen molar-refractivity contribution in [1.82, 2.24) is 20.4 Å². The van der Waals surface area contributed by atoms with Gasteiger partial charge >= 0.3 is 0 Å². The standard InChI is InChI=1S/C17H20N4O3/c1-3-11-21-14(22)10-9-13(20-21)16(23)19-15(17(24)18-2)12-7-5-4-6-8-12/h4-10,15H,3,11H2,1-2H3,(H,18,24)(H,19,23). The van der Waals surface area contributed by atoms with Crippen LogP contribution in [0.25, 0.3) is 0 Å². The molecule has 0 aliphatic rings. The zero-order chi connectivity index (χ0) is 17.5. The number of nitrogens with one attached hydrogen (secondary N) is 2. The largest absolute Gasteiger partial charge is 0.357 e. The molecule has 7 nitrogen and oxygen atoms in total. The number of rotatable bonds is 6. The number of amides is 2. The van der Waals surface area contributed by atoms with Gasteiger partial charge in [0.1, 0.15) is 11.7 Å². The molecule has 1 aromatic carbocycles. The normalized spacial score (nSPS) is 11.6. The van der Waals surface area contributed by atoms with Crippen LogP contribution in [-0.2, 0) is 11.3 Å². The summed E-state index contributed by atoms with van der Waals surface area (Å²) in [6, 6.07) is 10.7. The molecule has 2 aromatic rings. The molecule has 1 heterocycles. The Balaban J connectivity index is 2.26. The summed E-state index contributed by atoms with van der Waals surface area (Å²) in [5.74, 6) is -0.853. The van der Waals surface area contributed by atoms with Gasteiger partial charge in [-0.3, -0.25) is 14.4 Å². The molecule has 0 fully saturated rings. The summed E-state index contributed by atoms with van der Waals surface area (Å²) in [4.78, 5) is 36.2. The second kappa shape index (κ2) is 8.05. The monoisotopic (exact) mass is 328 g/mol. The zero-order valence-electron chi connectivity index (χ0n) is 13.7. The number of carbonyl (C=O) groups excluding carboxylic acids is 2. The van der Waals surface area contributed by atoms with Crippen LogP contribution in [0.4, 0.5) is 0 Å². The Labute approximate surface area is 139 Å². The van der Waals surface area contributed by atoms with Crippen molar-refractivity contribution in [2.75, 3.05) is 7.05 Å². The molecular weight excluding hydrogens is 308 g/mol. The van der Waals surface area contributed by atoms with E-state index in [-0.39, 0.29) is 17.2 Å². The number of hydrogen-bond acceptors (Lipinski definition) is 4. The van der Waals surface area contributed by atoms with Gasteiger partial charge < -0.3 is 10.6 Å². The van der Waals surface area contributed by atoms with Crippen LogP contribution in [0.5, 0.6) is 0 Å². The second-order valence-corrected chi connectivity index (χ2v) is 5.21. The third kappa shape index (κ3) is 4.07. The number of carbonyl (C=O) groups is 2. The van der Waals surface area contributed by atoms with Gasteiger partial charge in [-0.25, -0.2) is 4.68 Å². The summed E-state index contributed by atoms with van der Waals surface area (Å²) in [6.07, 6.45) is 0.725. The van der Waals surface area contributed by atoms with E-state index in [4.69, 9.17) is 0 Å². The fraction of sp³-hybridized carbons (Fsp3) is 0.294. The Morgan fingerprint density at radius 3 is 2.50 bits per heavy atom. The summed E-state index contributed by atoms with van der Waals surface area (Å²) in [6.45, 7) is 2.34. The topological polar surface area (TPSA) is 93.1 Å². The Morgan fingerprint density at radius 1 is 1.17 bits per heavy atom. The Bertz CT molecular complexity index is 771. The number of benzene rings is 1. The van der Waals surface area contributed by atoms with Crippen molar-refractivity contribution in [3.8, 4) is 0 Å². The van der Waals surface area contributed by atoms with Crippen LogP contribution in [0.3, 0.4) is 0 Å². The molecule has 1 aromatic heterocycles. The SMILES string of the molecule is CCCn1nc(C(=O)NC(C(=O)NC)c2ccccc2)ccc1=O. The van der Waals surface area contributed by atoms with E-state index in [2.05, 4.69) is 15.7 Å². The first-order valence-corrected chi connectivity index (χ1v) is 7.72. The number of likely N-dealkylation sites (N-methyl/N-ethyl adjacent to an activating group) is 1. The van der Waals surface area contributed by atoms with E-state index in [1.165, 1.54) is 23.9 Å². The van der Waals surface area contributed by atoms with Crippen molar-refractivity contribution >= 4 is 11.8 Å². The summed E-state index contributed by atoms with van der Waals surface area (Å²) in [5.41, 5.74) is 0.485. The van der Waals surface area contributed by atoms with Crippen molar-refractivity contribution in [3.63, 3.8) is 0 Å². The molecule has 2 rings (SSSR count). The predicted octanol–water partition coefficient (Wildman–Crippen LogP) is 0.870. The van der Waals surface area contributed by atoms with Gasteiger partial charge in [-0.15, -0.1) is 0 Å². The third-order valence-electron chi connectivity index (χ3n) is 3.45. The van der Waals surface area contributed by atoms with E-state index in [1.54, 1.807) is 24.3 Å². The number of hydrogen-bond donors (Lipinski definition) is 2. The second-order valence-electron chi connectivity index (χ2n) is 5.21. The van der Waals surface area contributed by atoms with Gasteiger partial charge in [-0.2, -0.15) is 5.10 Å². The molecule has 1 unspecified atom stereocenters. The molecule has 0 saturated carbocycles. The van der Waals surface area contributed by atoms with Crippen LogP contribution in [0.15, 0.2) is 47.3 Å². The maximum atomic E-state index is 12.4. The molecule has 7 heteroatoms. The molecular formula is C17H20N4O3. The van der Waals surface area contributed by atoms with Crippen LogP contribution >= 0.6 is 0 Å². The summed E-state index contributed by atoms with van der Waals surface area (Å²) >= 11 is 0. The van der Waals surface area contributed by atoms with Crippen molar-refractivity contribution in [1.29, 1.82) is 0 Å². The van der Waals surface area contributed by atoms with Crippen LogP contribution in [0, 0.1) is 0 Å². The number of aromatic nitrogens is 2. The highest BCUT2D eigenvalue weighted by molar-refractivity contribution is 5.96. The highest BCUT2D eigenvalue weighted by Gasteiger charge is 2.23. The average molecular weight is 328 g/mol. The van der Waals surface area contributed by atoms with Crippen LogP contribution in [0.2, 0.25) is 0 Å². The minimum atomic E-state index is -0.836. The summed E-state index contributed by atoms with van der Waals surface area (Å²) < 4.78 is 1.24. The summed E-state index contributed by atoms with van der Waals surface area (Å²) in [5, 5.41) is 9.25. The molecule has 2 N–H and O–H groups in total. The lowest BCUT2D eigenvalue weighted by molar-refractivity contribution is -0.122. The van der Waals surface area contributed by atoms with E-state index in [9.17, 15) is 14.4 Å². The van der Waals surface area contributed by atoms with E-state index in [0.29, 0.717) is 12.1 Å². The first kappa shape index (κ1) is 17.4. The average Bonchev–Trinajstić information content (AvgIpc) is 2.61. The van der Waals surface area contributed by atoms with Gasteiger partial charge in [-0.1, -0.05) is 37.3 Å². The first-order valence-electron chi connectivity index (χ1n) is 7.72. The van der Waals surface area contributed by atoms with Gasteiger partial charge in [0.2, 0.25) is 5.91 Å². The van der Waals surface area contributed by atoms with E-state index in [1.807, 2.05) is 13.0 Å². The maximum Gasteiger partial charge on any atom is 0.272 e. The summed E-state index contributed by atoms with van der Waals surface area (Å²) in [7, 11) is 1.50. The lowest BCUT2D eigenvalue weighted by Crippen LogP contribution is -2.40. The molecule has 0 spiro atoms. The molecule has 1 atom stereocenters. The lowest BCUT2D eigenvalue weighted by atomic mass is 10.1. The van der Waals surface area contributed by atoms with Crippen molar-refractivity contribution < 1.29 is 9.59 Å². The molecule has 24 heavy (non-hydrogen) atoms. The minimum Gasteiger partial charge on any atom is -0.357 e. The van der Waals surface area contributed by atoms with E-state index >= 15 is 0 Å². The molecule has 0 bridgehead atoms. The molecule has 126 valence electrons. The predicted molar refractivity (Wildman–Crippen MR) is 89.5 cm³/mol. The van der Waals surface area contributed by atoms with Crippen LogP contribution in [0.1, 0.15) is 35.4 Å². The number of nitrogens with zero attached hydrogens (tertiary/aromatic N) is 2. The van der Waals surface area contributed by atoms with Crippen LogP contribution < -0.4 is 16.2 Å². The Kier molecular flexibility index (Phi) is 5.83. The molecule has 0 aliphatic carbocycles. The smallest absolute Gasteiger partial charge is 0.272 e. The maximum absolute atomic E-state index is 12.4. The fourth-order valence-electron chi connectivity index (χ4n) is 2.24. The van der Waals surface area contributed by atoms with Crippen molar-refractivity contribution in [2.24, 2.45) is 0 Å². The zero-order valence-corrected chi connectivity index (χ0v) is 13.7. The van der Waals surface area contributed by atoms with Crippen LogP contribution in [-0.4, -0.2) is 28.6 Å². The van der Waals surface area contributed by atoms with Crippen molar-refractivity contribution in [2.45, 2.75) is 25.9 Å². The highest BCUT2D eigenvalue weighted by atomic mass is 16.2. The van der Waals surface area contributed by atoms with Gasteiger partial charge in [0.05, 0.1) is 0 Å². The lowest BCUT2D eigenvalue weighted by Gasteiger charge is -2.17. The van der Waals surface area contributed by atoms with Crippen molar-refractivity contribution in [3.05, 3.63) is 64.1 Å². The molecule has 0 aliphatic heterocycles. The Hall–Kier alpha value is -2.96. The van der Waals surface area contributed by atoms with Gasteiger partial charge in [0.15, 0.2) is 0 Å². The van der Waals surface area contributed by atoms with E-state index in [0.717, 1.165) is 6.42 Å². The highest BCUT2D eigenvalue weighted by Crippen LogP contribution is 2.13. The fourth-order valence-corrected chi connectivity index (χ4v) is 2.24. The molecule has 0 radical (unpaired) electrons. The molecule has 0 saturated heterocycles. The first-order chi connectivity index (χ1) is 11.6. The number of aryl methyl sites for hydroxylation is 1. The van der Waals surface area contributed by atoms with Gasteiger partial charge in [0, 0.05) is 19.7 Å². The quantitative estimate of drug-likeness (QED) is 0.823. The van der Waals surface area contributed by atoms with Gasteiger partial charge in [-0.05, 0) is 18.1 Å². The van der Waals surface area contributed by atoms with Gasteiger partial charge in [0.25, 0.3) is 11.5 Å². The molecule has 2 amide bonds. The third-order valence-corrected chi connectivity index (χ3v) is 3.45. The minimum absolute atomic E-state index is 0.0906.